The molecule has 22 heavy (non-hydrogen) atoms. The number of hydrogen-bond acceptors (Lipinski definition) is 2. The highest BCUT2D eigenvalue weighted by molar-refractivity contribution is 7.98. The van der Waals surface area contributed by atoms with E-state index in [1.54, 1.807) is 11.8 Å². The summed E-state index contributed by atoms with van der Waals surface area (Å²) in [5.74, 6) is 6.24. The van der Waals surface area contributed by atoms with E-state index in [9.17, 15) is 4.79 Å². The Labute approximate surface area is 134 Å². The monoisotopic (exact) mass is 311 g/mol. The number of thioether (sulfide) groups is 1. The molecule has 0 bridgehead atoms. The lowest BCUT2D eigenvalue weighted by atomic mass is 10.1. The van der Waals surface area contributed by atoms with Gasteiger partial charge in [0.15, 0.2) is 0 Å². The van der Waals surface area contributed by atoms with Crippen LogP contribution in [0.15, 0.2) is 53.4 Å². The molecule has 2 rings (SSSR count). The lowest BCUT2D eigenvalue weighted by molar-refractivity contribution is 0.191. The van der Waals surface area contributed by atoms with Crippen molar-refractivity contribution in [2.75, 3.05) is 6.26 Å². The predicted octanol–water partition coefficient (Wildman–Crippen LogP) is 4.14. The molecular weight excluding hydrogens is 294 g/mol. The Morgan fingerprint density at radius 3 is 2.00 bits per heavy atom. The molecule has 1 atom stereocenters. The third-order valence-corrected chi connectivity index (χ3v) is 3.94. The Balaban J connectivity index is 2.08. The van der Waals surface area contributed by atoms with Gasteiger partial charge in [0.2, 0.25) is 0 Å². The van der Waals surface area contributed by atoms with Crippen LogP contribution in [0.5, 0.6) is 0 Å². The van der Waals surface area contributed by atoms with Crippen LogP contribution in [0.1, 0.15) is 29.7 Å². The quantitative estimate of drug-likeness (QED) is 0.661. The van der Waals surface area contributed by atoms with Gasteiger partial charge in [-0.2, -0.15) is 0 Å². The summed E-state index contributed by atoms with van der Waals surface area (Å²) in [6, 6.07) is 15.5. The molecule has 0 saturated heterocycles. The van der Waals surface area contributed by atoms with E-state index < -0.39 is 6.09 Å². The molecule has 0 fully saturated rings. The second-order valence-electron chi connectivity index (χ2n) is 4.77. The normalized spacial score (nSPS) is 11.2. The van der Waals surface area contributed by atoms with Gasteiger partial charge in [0, 0.05) is 16.0 Å². The second kappa shape index (κ2) is 7.58. The largest absolute Gasteiger partial charge is 0.465 e. The highest BCUT2D eigenvalue weighted by Crippen LogP contribution is 2.15. The molecule has 0 saturated carbocycles. The molecule has 0 aliphatic carbocycles. The van der Waals surface area contributed by atoms with E-state index in [-0.39, 0.29) is 6.04 Å². The van der Waals surface area contributed by atoms with Gasteiger partial charge >= 0.3 is 6.09 Å². The topological polar surface area (TPSA) is 49.3 Å². The van der Waals surface area contributed by atoms with Crippen LogP contribution < -0.4 is 5.32 Å². The average molecular weight is 311 g/mol. The van der Waals surface area contributed by atoms with Crippen LogP contribution in [-0.2, 0) is 0 Å². The van der Waals surface area contributed by atoms with Crippen molar-refractivity contribution in [3.8, 4) is 11.8 Å². The van der Waals surface area contributed by atoms with Gasteiger partial charge in [0.05, 0.1) is 6.04 Å². The van der Waals surface area contributed by atoms with Crippen molar-refractivity contribution in [3.05, 3.63) is 65.2 Å². The first kappa shape index (κ1) is 16.0. The highest BCUT2D eigenvalue weighted by Gasteiger charge is 2.07. The molecule has 0 aromatic heterocycles. The summed E-state index contributed by atoms with van der Waals surface area (Å²) >= 11 is 1.70. The number of hydrogen-bond donors (Lipinski definition) is 2. The van der Waals surface area contributed by atoms with Gasteiger partial charge in [0.25, 0.3) is 0 Å². The maximum absolute atomic E-state index is 10.6. The van der Waals surface area contributed by atoms with E-state index >= 15 is 0 Å². The molecule has 0 aliphatic heterocycles. The van der Waals surface area contributed by atoms with Crippen molar-refractivity contribution in [2.24, 2.45) is 0 Å². The van der Waals surface area contributed by atoms with E-state index in [1.807, 2.05) is 49.6 Å². The molecule has 3 nitrogen and oxygen atoms in total. The summed E-state index contributed by atoms with van der Waals surface area (Å²) in [6.07, 6.45) is 1.02. The summed E-state index contributed by atoms with van der Waals surface area (Å²) in [6.45, 7) is 1.81. The Kier molecular flexibility index (Phi) is 5.51. The first-order chi connectivity index (χ1) is 10.6. The van der Waals surface area contributed by atoms with Crippen molar-refractivity contribution in [1.82, 2.24) is 5.32 Å². The number of carbonyl (C=O) groups is 1. The van der Waals surface area contributed by atoms with Crippen LogP contribution in [0.4, 0.5) is 4.79 Å². The van der Waals surface area contributed by atoms with Crippen molar-refractivity contribution in [1.29, 1.82) is 0 Å². The first-order valence-corrected chi connectivity index (χ1v) is 8.06. The number of carboxylic acid groups (broad SMARTS) is 1. The van der Waals surface area contributed by atoms with Crippen LogP contribution in [0.2, 0.25) is 0 Å². The molecule has 1 amide bonds. The number of amides is 1. The fourth-order valence-corrected chi connectivity index (χ4v) is 2.35. The van der Waals surface area contributed by atoms with Gasteiger partial charge in [-0.15, -0.1) is 11.8 Å². The van der Waals surface area contributed by atoms with E-state index in [1.165, 1.54) is 4.90 Å². The van der Waals surface area contributed by atoms with Gasteiger partial charge in [0.1, 0.15) is 0 Å². The Morgan fingerprint density at radius 1 is 1.05 bits per heavy atom. The standard InChI is InChI=1S/C18H17NO2S/c1-13(19-18(20)21)16-9-5-14(6-10-16)3-4-15-7-11-17(22-2)12-8-15/h5-13,19H,1-2H3,(H,20,21). The van der Waals surface area contributed by atoms with E-state index in [0.717, 1.165) is 16.7 Å². The first-order valence-electron chi connectivity index (χ1n) is 6.84. The summed E-state index contributed by atoms with van der Waals surface area (Å²) < 4.78 is 0. The second-order valence-corrected chi connectivity index (χ2v) is 5.65. The molecule has 1 unspecified atom stereocenters. The zero-order valence-corrected chi connectivity index (χ0v) is 13.3. The van der Waals surface area contributed by atoms with Crippen LogP contribution in [0.25, 0.3) is 0 Å². The van der Waals surface area contributed by atoms with Gasteiger partial charge in [-0.1, -0.05) is 24.0 Å². The molecule has 0 radical (unpaired) electrons. The van der Waals surface area contributed by atoms with E-state index in [2.05, 4.69) is 29.3 Å². The van der Waals surface area contributed by atoms with Gasteiger partial charge < -0.3 is 10.4 Å². The van der Waals surface area contributed by atoms with Crippen LogP contribution in [-0.4, -0.2) is 17.5 Å². The zero-order chi connectivity index (χ0) is 15.9. The molecule has 2 N–H and O–H groups in total. The van der Waals surface area contributed by atoms with Crippen molar-refractivity contribution in [2.45, 2.75) is 17.9 Å². The predicted molar refractivity (Wildman–Crippen MR) is 90.2 cm³/mol. The Bertz CT molecular complexity index is 697. The van der Waals surface area contributed by atoms with Crippen molar-refractivity contribution >= 4 is 17.9 Å². The minimum Gasteiger partial charge on any atom is -0.465 e. The number of rotatable bonds is 3. The molecular formula is C18H17NO2S. The van der Waals surface area contributed by atoms with Gasteiger partial charge in [-0.05, 0) is 55.1 Å². The van der Waals surface area contributed by atoms with Gasteiger partial charge in [-0.3, -0.25) is 0 Å². The maximum Gasteiger partial charge on any atom is 0.405 e. The molecule has 2 aromatic rings. The number of nitrogens with one attached hydrogen (secondary N) is 1. The summed E-state index contributed by atoms with van der Waals surface area (Å²) in [5, 5.41) is 11.1. The van der Waals surface area contributed by atoms with Gasteiger partial charge in [-0.25, -0.2) is 4.79 Å². The third-order valence-electron chi connectivity index (χ3n) is 3.19. The molecule has 0 heterocycles. The Morgan fingerprint density at radius 2 is 1.55 bits per heavy atom. The van der Waals surface area contributed by atoms with E-state index in [0.29, 0.717) is 0 Å². The molecule has 0 aliphatic rings. The molecule has 0 spiro atoms. The maximum atomic E-state index is 10.6. The smallest absolute Gasteiger partial charge is 0.405 e. The SMILES string of the molecule is CSc1ccc(C#Cc2ccc(C(C)NC(=O)O)cc2)cc1. The lowest BCUT2D eigenvalue weighted by Gasteiger charge is -2.11. The van der Waals surface area contributed by atoms with Crippen molar-refractivity contribution < 1.29 is 9.90 Å². The highest BCUT2D eigenvalue weighted by atomic mass is 32.2. The lowest BCUT2D eigenvalue weighted by Crippen LogP contribution is -2.24. The summed E-state index contributed by atoms with van der Waals surface area (Å²) in [4.78, 5) is 11.8. The fraction of sp³-hybridized carbons (Fsp3) is 0.167. The van der Waals surface area contributed by atoms with Crippen LogP contribution in [0, 0.1) is 11.8 Å². The zero-order valence-electron chi connectivity index (χ0n) is 12.5. The number of benzene rings is 2. The average Bonchev–Trinajstić information content (AvgIpc) is 2.53. The minimum atomic E-state index is -1.02. The molecule has 2 aromatic carbocycles. The third kappa shape index (κ3) is 4.57. The van der Waals surface area contributed by atoms with Crippen molar-refractivity contribution in [3.63, 3.8) is 0 Å². The fourth-order valence-electron chi connectivity index (χ4n) is 1.94. The summed E-state index contributed by atoms with van der Waals surface area (Å²) in [5.41, 5.74) is 2.79. The molecule has 112 valence electrons. The Hall–Kier alpha value is -2.38. The minimum absolute atomic E-state index is 0.237. The van der Waals surface area contributed by atoms with E-state index in [4.69, 9.17) is 5.11 Å². The summed E-state index contributed by atoms with van der Waals surface area (Å²) in [7, 11) is 0. The van der Waals surface area contributed by atoms with Crippen LogP contribution in [0.3, 0.4) is 0 Å². The van der Waals surface area contributed by atoms with Crippen LogP contribution >= 0.6 is 11.8 Å². The molecule has 4 heteroatoms.